The molecule has 0 bridgehead atoms. The summed E-state index contributed by atoms with van der Waals surface area (Å²) in [5.41, 5.74) is 5.61. The lowest BCUT2D eigenvalue weighted by molar-refractivity contribution is -0.163. The molecule has 1 fully saturated rings. The van der Waals surface area contributed by atoms with E-state index in [1.807, 2.05) is 48.5 Å². The van der Waals surface area contributed by atoms with E-state index in [9.17, 15) is 47.7 Å². The number of aromatic nitrogens is 2. The minimum absolute atomic E-state index is 0.0455. The molecular formula is C69H84F2N5O15P. The number of hydrogen-bond acceptors (Lipinski definition) is 15. The van der Waals surface area contributed by atoms with Crippen LogP contribution in [0.3, 0.4) is 0 Å². The van der Waals surface area contributed by atoms with Crippen molar-refractivity contribution in [2.75, 3.05) is 18.5 Å². The molecule has 23 heteroatoms. The number of allylic oxidation sites excluding steroid dienone is 2. The van der Waals surface area contributed by atoms with Gasteiger partial charge in [0.15, 0.2) is 11.6 Å². The number of aryl methyl sites for hydroxylation is 4. The third-order valence-corrected chi connectivity index (χ3v) is 19.0. The van der Waals surface area contributed by atoms with Crippen LogP contribution in [0.5, 0.6) is 0 Å². The lowest BCUT2D eigenvalue weighted by Crippen LogP contribution is -2.54. The van der Waals surface area contributed by atoms with Crippen LogP contribution < -0.4 is 21.6 Å². The van der Waals surface area contributed by atoms with Crippen LogP contribution in [0.1, 0.15) is 165 Å². The highest BCUT2D eigenvalue weighted by atomic mass is 31.2. The van der Waals surface area contributed by atoms with E-state index < -0.39 is 109 Å². The number of imidazole rings is 1. The van der Waals surface area contributed by atoms with E-state index in [2.05, 4.69) is 17.4 Å². The molecule has 2 aliphatic heterocycles. The number of nitrogens with zero attached hydrogens (tertiary/aromatic N) is 3. The van der Waals surface area contributed by atoms with Crippen LogP contribution >= 0.6 is 7.60 Å². The third kappa shape index (κ3) is 16.5. The number of hydrogen-bond donors (Lipinski definition) is 2. The number of rotatable bonds is 28. The van der Waals surface area contributed by atoms with Crippen molar-refractivity contribution in [1.29, 1.82) is 0 Å². The summed E-state index contributed by atoms with van der Waals surface area (Å²) in [6, 6.07) is 21.7. The Morgan fingerprint density at radius 3 is 2.03 bits per heavy atom. The summed E-state index contributed by atoms with van der Waals surface area (Å²) in [6.45, 7) is 10.4. The molecule has 3 heterocycles. The quantitative estimate of drug-likeness (QED) is 0.0118. The second-order valence-corrected chi connectivity index (χ2v) is 28.4. The highest BCUT2D eigenvalue weighted by molar-refractivity contribution is 7.54. The number of alkyl halides is 2. The molecule has 5 aromatic rings. The van der Waals surface area contributed by atoms with Crippen molar-refractivity contribution in [3.05, 3.63) is 140 Å². The smallest absolute Gasteiger partial charge is 0.410 e. The number of nitrogens with two attached hydrogens (primary N) is 1. The first-order chi connectivity index (χ1) is 43.4. The highest BCUT2D eigenvalue weighted by Gasteiger charge is 2.56. The molecule has 0 radical (unpaired) electrons. The first-order valence-corrected chi connectivity index (χ1v) is 32.8. The monoisotopic (exact) mass is 1290 g/mol. The minimum Gasteiger partial charge on any atom is -0.438 e. The van der Waals surface area contributed by atoms with E-state index in [1.54, 1.807) is 30.0 Å². The standard InChI is InChI=1S/C69H84F2N5O15P/c1-42(46-27-29-51(30-28-46)69(70,71)92(86,90-40-88-64(83)67(3,4)5)91-41-89-65(84)68(6,7)8)35-53(78)36-50-26-25-48-17-13-19-49-37-57(76(60(48)49)63(50)82)62(81)73-54(32-34-59(72)80)43(2)87-39-45-23-21-44(22-24-45)15-11-10-12-16-47-18-14-20-56-61(47)74(9)66(85)75(56)55-33-31-52(77)38-58(55)79/h13-14,17-24,27-30,35,43,50,54-55,57H,10-12,15-16,25-26,31-34,36-41H2,1-9H3,(H2,72,80)(H,73,81)/b42-35+/t43-,50-,54+,55?,57+/m1/s1. The maximum Gasteiger partial charge on any atom is 0.410 e. The fourth-order valence-electron chi connectivity index (χ4n) is 11.9. The predicted octanol–water partition coefficient (Wildman–Crippen LogP) is 10.8. The molecule has 3 N–H and O–H groups in total. The second kappa shape index (κ2) is 29.4. The number of nitrogens with one attached hydrogen (secondary N) is 1. The predicted molar refractivity (Wildman–Crippen MR) is 340 cm³/mol. The molecule has 8 rings (SSSR count). The van der Waals surface area contributed by atoms with Gasteiger partial charge in [0.05, 0.1) is 58.8 Å². The molecule has 0 saturated heterocycles. The van der Waals surface area contributed by atoms with E-state index in [0.717, 1.165) is 77.6 Å². The molecule has 1 aliphatic carbocycles. The van der Waals surface area contributed by atoms with Crippen molar-refractivity contribution < 1.29 is 75.0 Å². The number of halogens is 2. The molecule has 4 aromatic carbocycles. The van der Waals surface area contributed by atoms with E-state index in [1.165, 1.54) is 64.7 Å². The molecule has 5 atom stereocenters. The number of unbranched alkanes of at least 4 members (excludes halogenated alkanes) is 2. The number of primary amides is 1. The Kier molecular flexibility index (Phi) is 22.4. The number of ether oxygens (including phenoxy) is 3. The Hall–Kier alpha value is -7.78. The van der Waals surface area contributed by atoms with E-state index in [-0.39, 0.29) is 62.4 Å². The average Bonchev–Trinajstić information content (AvgIpc) is 1.57. The second-order valence-electron chi connectivity index (χ2n) is 26.3. The van der Waals surface area contributed by atoms with Gasteiger partial charge in [-0.15, -0.1) is 0 Å². The SMILES string of the molecule is C/C(=C\C(=O)C[C@H]1CCc2cccc3c2N(C1=O)[C@H](C(=O)N[C@@H](CCC(N)=O)[C@@H](C)OCc1ccc(CCCCCc2cccc4c2n(C)c(=O)n4C2CCC(=O)CC2=O)cc1)C3)c1ccc(C(F)(F)P(=O)(OCOC(=O)C(C)(C)C)OCOC(=O)C(C)(C)C)cc1. The number of fused-ring (bicyclic) bond motifs is 1. The largest absolute Gasteiger partial charge is 0.438 e. The number of Topliss-reactive ketones (excluding diaryl/α,β-unsaturated/α-hetero) is 2. The van der Waals surface area contributed by atoms with Crippen LogP contribution in [-0.2, 0) is 111 Å². The van der Waals surface area contributed by atoms with Crippen LogP contribution in [0, 0.1) is 16.7 Å². The van der Waals surface area contributed by atoms with Gasteiger partial charge in [0, 0.05) is 44.2 Å². The van der Waals surface area contributed by atoms with Crippen molar-refractivity contribution in [2.45, 2.75) is 182 Å². The minimum atomic E-state index is -5.59. The van der Waals surface area contributed by atoms with Gasteiger partial charge in [-0.2, -0.15) is 8.78 Å². The summed E-state index contributed by atoms with van der Waals surface area (Å²) >= 11 is 0. The summed E-state index contributed by atoms with van der Waals surface area (Å²) < 4.78 is 75.8. The zero-order chi connectivity index (χ0) is 67.0. The van der Waals surface area contributed by atoms with Crippen LogP contribution in [0.25, 0.3) is 16.6 Å². The number of esters is 2. The van der Waals surface area contributed by atoms with Gasteiger partial charge in [-0.1, -0.05) is 85.3 Å². The Morgan fingerprint density at radius 2 is 1.40 bits per heavy atom. The number of carbonyl (C=O) groups is 8. The third-order valence-electron chi connectivity index (χ3n) is 17.2. The number of benzene rings is 4. The van der Waals surface area contributed by atoms with Crippen LogP contribution in [0.2, 0.25) is 0 Å². The van der Waals surface area contributed by atoms with Crippen molar-refractivity contribution in [1.82, 2.24) is 14.5 Å². The summed E-state index contributed by atoms with van der Waals surface area (Å²) in [4.78, 5) is 120. The summed E-state index contributed by atoms with van der Waals surface area (Å²) in [5.74, 6) is -4.70. The molecule has 3 aliphatic rings. The summed E-state index contributed by atoms with van der Waals surface area (Å²) in [7, 11) is -3.87. The first kappa shape index (κ1) is 70.1. The molecule has 92 heavy (non-hydrogen) atoms. The maximum atomic E-state index is 16.3. The highest BCUT2D eigenvalue weighted by Crippen LogP contribution is 2.67. The van der Waals surface area contributed by atoms with Crippen LogP contribution in [-0.4, -0.2) is 87.9 Å². The number of ketones is 3. The average molecular weight is 1290 g/mol. The molecule has 20 nitrogen and oxygen atoms in total. The van der Waals surface area contributed by atoms with Gasteiger partial charge >= 0.3 is 30.9 Å². The van der Waals surface area contributed by atoms with Crippen molar-refractivity contribution in [3.63, 3.8) is 0 Å². The van der Waals surface area contributed by atoms with Crippen molar-refractivity contribution >= 4 is 76.9 Å². The Balaban J connectivity index is 0.862. The fourth-order valence-corrected chi connectivity index (χ4v) is 13.1. The van der Waals surface area contributed by atoms with Gasteiger partial charge < -0.3 is 25.3 Å². The lowest BCUT2D eigenvalue weighted by Gasteiger charge is -2.31. The number of anilines is 1. The number of amides is 3. The molecule has 3 amide bonds. The summed E-state index contributed by atoms with van der Waals surface area (Å²) in [6.07, 6.45) is 6.35. The fraction of sp³-hybridized carbons (Fsp3) is 0.493. The first-order valence-electron chi connectivity index (χ1n) is 31.3. The van der Waals surface area contributed by atoms with Gasteiger partial charge in [0.25, 0.3) is 0 Å². The van der Waals surface area contributed by atoms with E-state index in [4.69, 9.17) is 29.0 Å². The Labute approximate surface area is 534 Å². The molecule has 1 unspecified atom stereocenters. The number of carbonyl (C=O) groups excluding carboxylic acids is 8. The summed E-state index contributed by atoms with van der Waals surface area (Å²) in [5, 5.41) is 3.08. The van der Waals surface area contributed by atoms with Crippen LogP contribution in [0.15, 0.2) is 95.8 Å². The molecule has 0 spiro atoms. The van der Waals surface area contributed by atoms with Gasteiger partial charge in [0.2, 0.25) is 31.3 Å². The zero-order valence-electron chi connectivity index (χ0n) is 53.8. The molecular weight excluding hydrogens is 1210 g/mol. The van der Waals surface area contributed by atoms with Gasteiger partial charge in [-0.25, -0.2) is 4.79 Å². The van der Waals surface area contributed by atoms with Crippen LogP contribution in [0.4, 0.5) is 14.5 Å². The van der Waals surface area contributed by atoms with Gasteiger partial charge in [-0.05, 0) is 158 Å². The van der Waals surface area contributed by atoms with E-state index >= 15 is 8.78 Å². The zero-order valence-corrected chi connectivity index (χ0v) is 54.7. The maximum absolute atomic E-state index is 16.3. The number of para-hydroxylation sites is 2. The van der Waals surface area contributed by atoms with Gasteiger partial charge in [-0.3, -0.25) is 66.0 Å². The lowest BCUT2D eigenvalue weighted by atomic mass is 9.92. The van der Waals surface area contributed by atoms with E-state index in [0.29, 0.717) is 41.6 Å². The molecule has 494 valence electrons. The Morgan fingerprint density at radius 1 is 0.783 bits per heavy atom. The topological polar surface area (TPSA) is 268 Å². The normalized spacial score (nSPS) is 17.9. The molecule has 1 aromatic heterocycles. The Bertz CT molecular complexity index is 3710. The van der Waals surface area contributed by atoms with Gasteiger partial charge in [0.1, 0.15) is 11.8 Å². The van der Waals surface area contributed by atoms with Crippen molar-refractivity contribution in [2.24, 2.45) is 29.5 Å². The van der Waals surface area contributed by atoms with Crippen molar-refractivity contribution in [3.8, 4) is 0 Å². The molecule has 1 saturated carbocycles.